The molecule has 1 fully saturated rings. The molecule has 22 heavy (non-hydrogen) atoms. The molecule has 1 aliphatic rings. The number of amides is 1. The van der Waals surface area contributed by atoms with Crippen LogP contribution in [0.5, 0.6) is 5.88 Å². The third-order valence-electron chi connectivity index (χ3n) is 3.83. The molecule has 0 saturated carbocycles. The summed E-state index contributed by atoms with van der Waals surface area (Å²) in [7, 11) is 1.53. The Hall–Kier alpha value is -2.44. The van der Waals surface area contributed by atoms with E-state index in [1.54, 1.807) is 24.7 Å². The third kappa shape index (κ3) is 3.08. The second kappa shape index (κ2) is 6.55. The van der Waals surface area contributed by atoms with Crippen molar-refractivity contribution in [1.29, 1.82) is 0 Å². The number of aryl methyl sites for hydroxylation is 1. The van der Waals surface area contributed by atoms with Crippen LogP contribution in [0.2, 0.25) is 0 Å². The number of hydrogen-bond donors (Lipinski definition) is 0. The van der Waals surface area contributed by atoms with E-state index in [0.717, 1.165) is 25.1 Å². The highest BCUT2D eigenvalue weighted by Crippen LogP contribution is 2.31. The van der Waals surface area contributed by atoms with Gasteiger partial charge >= 0.3 is 0 Å². The fraction of sp³-hybridized carbons (Fsp3) is 0.467. The molecule has 0 aromatic carbocycles. The number of likely N-dealkylation sites (tertiary alicyclic amines) is 1. The average molecular weight is 302 g/mol. The summed E-state index contributed by atoms with van der Waals surface area (Å²) in [6, 6.07) is 1.74. The Kier molecular flexibility index (Phi) is 4.32. The van der Waals surface area contributed by atoms with E-state index >= 15 is 0 Å². The minimum Gasteiger partial charge on any atom is -0.479 e. The largest absolute Gasteiger partial charge is 0.479 e. The number of aromatic nitrogens is 3. The molecule has 7 heteroatoms. The lowest BCUT2D eigenvalue weighted by Crippen LogP contribution is -2.31. The first kappa shape index (κ1) is 14.5. The molecule has 0 radical (unpaired) electrons. The van der Waals surface area contributed by atoms with Gasteiger partial charge in [-0.15, -0.1) is 0 Å². The van der Waals surface area contributed by atoms with Gasteiger partial charge in [0.1, 0.15) is 5.76 Å². The van der Waals surface area contributed by atoms with Crippen molar-refractivity contribution in [2.45, 2.75) is 31.7 Å². The third-order valence-corrected chi connectivity index (χ3v) is 3.83. The highest BCUT2D eigenvalue weighted by atomic mass is 16.5. The topological polar surface area (TPSA) is 81.4 Å². The van der Waals surface area contributed by atoms with Crippen LogP contribution in [0.3, 0.4) is 0 Å². The van der Waals surface area contributed by atoms with Crippen molar-refractivity contribution in [3.63, 3.8) is 0 Å². The van der Waals surface area contributed by atoms with Gasteiger partial charge in [0.25, 0.3) is 5.88 Å². The first-order valence-corrected chi connectivity index (χ1v) is 7.33. The molecule has 1 amide bonds. The van der Waals surface area contributed by atoms with Crippen molar-refractivity contribution < 1.29 is 14.1 Å². The maximum atomic E-state index is 12.5. The number of carbonyl (C=O) groups is 1. The molecule has 3 rings (SSSR count). The van der Waals surface area contributed by atoms with Gasteiger partial charge in [0.15, 0.2) is 0 Å². The quantitative estimate of drug-likeness (QED) is 0.837. The van der Waals surface area contributed by atoms with Gasteiger partial charge in [-0.3, -0.25) is 14.8 Å². The molecule has 1 saturated heterocycles. The Morgan fingerprint density at radius 2 is 2.41 bits per heavy atom. The van der Waals surface area contributed by atoms with Crippen LogP contribution in [0.1, 0.15) is 36.8 Å². The Labute approximate surface area is 128 Å². The average Bonchev–Trinajstić information content (AvgIpc) is 3.22. The Balaban J connectivity index is 1.61. The van der Waals surface area contributed by atoms with Gasteiger partial charge in [0.2, 0.25) is 5.91 Å². The maximum absolute atomic E-state index is 12.5. The molecule has 1 aliphatic heterocycles. The minimum absolute atomic E-state index is 0.0328. The summed E-state index contributed by atoms with van der Waals surface area (Å²) in [5, 5.41) is 3.73. The summed E-state index contributed by atoms with van der Waals surface area (Å²) in [4.78, 5) is 22.8. The first-order chi connectivity index (χ1) is 10.8. The standard InChI is InChI=1S/C15H18N4O3/c1-21-14-9-11(22-18-14)4-5-15(20)19-8-2-3-13(19)12-10-16-6-7-17-12/h6-7,9-10,13H,2-5,8H2,1H3/t13-/m1/s1. The molecule has 0 spiro atoms. The summed E-state index contributed by atoms with van der Waals surface area (Å²) in [6.07, 6.45) is 7.86. The SMILES string of the molecule is COc1cc(CCC(=O)N2CCC[C@@H]2c2cnccn2)on1. The van der Waals surface area contributed by atoms with Gasteiger partial charge in [-0.1, -0.05) is 0 Å². The smallest absolute Gasteiger partial charge is 0.254 e. The molecule has 0 unspecified atom stereocenters. The van der Waals surface area contributed by atoms with Crippen molar-refractivity contribution in [3.8, 4) is 5.88 Å². The van der Waals surface area contributed by atoms with Crippen LogP contribution in [0, 0.1) is 0 Å². The van der Waals surface area contributed by atoms with Crippen LogP contribution in [0.15, 0.2) is 29.2 Å². The normalized spacial score (nSPS) is 17.7. The van der Waals surface area contributed by atoms with Gasteiger partial charge < -0.3 is 14.2 Å². The fourth-order valence-corrected chi connectivity index (χ4v) is 2.74. The van der Waals surface area contributed by atoms with Crippen molar-refractivity contribution in [1.82, 2.24) is 20.0 Å². The van der Waals surface area contributed by atoms with E-state index in [0.29, 0.717) is 24.5 Å². The predicted octanol–water partition coefficient (Wildman–Crippen LogP) is 1.77. The fourth-order valence-electron chi connectivity index (χ4n) is 2.74. The predicted molar refractivity (Wildman–Crippen MR) is 77.1 cm³/mol. The second-order valence-electron chi connectivity index (χ2n) is 5.21. The van der Waals surface area contributed by atoms with Crippen molar-refractivity contribution in [2.24, 2.45) is 0 Å². The zero-order chi connectivity index (χ0) is 15.4. The summed E-state index contributed by atoms with van der Waals surface area (Å²) in [5.41, 5.74) is 0.856. The number of carbonyl (C=O) groups excluding carboxylic acids is 1. The molecule has 2 aromatic heterocycles. The Morgan fingerprint density at radius 3 is 3.14 bits per heavy atom. The lowest BCUT2D eigenvalue weighted by molar-refractivity contribution is -0.132. The molecule has 2 aromatic rings. The van der Waals surface area contributed by atoms with Gasteiger partial charge in [0.05, 0.1) is 25.0 Å². The zero-order valence-electron chi connectivity index (χ0n) is 12.4. The Bertz CT molecular complexity index is 629. The number of hydrogen-bond acceptors (Lipinski definition) is 6. The molecular weight excluding hydrogens is 284 g/mol. The van der Waals surface area contributed by atoms with Gasteiger partial charge in [-0.2, -0.15) is 0 Å². The number of ether oxygens (including phenoxy) is 1. The molecular formula is C15H18N4O3. The van der Waals surface area contributed by atoms with Gasteiger partial charge in [-0.05, 0) is 18.0 Å². The molecule has 0 N–H and O–H groups in total. The lowest BCUT2D eigenvalue weighted by Gasteiger charge is -2.23. The molecule has 0 bridgehead atoms. The Morgan fingerprint density at radius 1 is 1.50 bits per heavy atom. The van der Waals surface area contributed by atoms with Crippen LogP contribution in [0.25, 0.3) is 0 Å². The van der Waals surface area contributed by atoms with Gasteiger partial charge in [0, 0.05) is 37.8 Å². The summed E-state index contributed by atoms with van der Waals surface area (Å²) >= 11 is 0. The van der Waals surface area contributed by atoms with Crippen molar-refractivity contribution >= 4 is 5.91 Å². The molecule has 116 valence electrons. The summed E-state index contributed by atoms with van der Waals surface area (Å²) < 4.78 is 10.1. The second-order valence-corrected chi connectivity index (χ2v) is 5.21. The van der Waals surface area contributed by atoms with E-state index < -0.39 is 0 Å². The van der Waals surface area contributed by atoms with E-state index in [9.17, 15) is 4.79 Å². The molecule has 3 heterocycles. The first-order valence-electron chi connectivity index (χ1n) is 7.33. The van der Waals surface area contributed by atoms with Crippen LogP contribution in [-0.4, -0.2) is 39.6 Å². The van der Waals surface area contributed by atoms with Gasteiger partial charge in [-0.25, -0.2) is 0 Å². The summed E-state index contributed by atoms with van der Waals surface area (Å²) in [6.45, 7) is 0.764. The molecule has 0 aliphatic carbocycles. The molecule has 7 nitrogen and oxygen atoms in total. The molecule has 1 atom stereocenters. The van der Waals surface area contributed by atoms with Crippen LogP contribution in [-0.2, 0) is 11.2 Å². The lowest BCUT2D eigenvalue weighted by atomic mass is 10.1. The number of rotatable bonds is 5. The van der Waals surface area contributed by atoms with Crippen LogP contribution >= 0.6 is 0 Å². The maximum Gasteiger partial charge on any atom is 0.254 e. The minimum atomic E-state index is 0.0328. The number of methoxy groups -OCH3 is 1. The van der Waals surface area contributed by atoms with E-state index in [1.807, 2.05) is 4.90 Å². The number of nitrogens with zero attached hydrogens (tertiary/aromatic N) is 4. The van der Waals surface area contributed by atoms with E-state index in [-0.39, 0.29) is 11.9 Å². The van der Waals surface area contributed by atoms with Crippen LogP contribution in [0.4, 0.5) is 0 Å². The van der Waals surface area contributed by atoms with Crippen molar-refractivity contribution in [3.05, 3.63) is 36.1 Å². The zero-order valence-corrected chi connectivity index (χ0v) is 12.4. The van der Waals surface area contributed by atoms with E-state index in [1.165, 1.54) is 7.11 Å². The van der Waals surface area contributed by atoms with Crippen molar-refractivity contribution in [2.75, 3.05) is 13.7 Å². The highest BCUT2D eigenvalue weighted by Gasteiger charge is 2.30. The highest BCUT2D eigenvalue weighted by molar-refractivity contribution is 5.77. The van der Waals surface area contributed by atoms with E-state index in [2.05, 4.69) is 15.1 Å². The summed E-state index contributed by atoms with van der Waals surface area (Å²) in [5.74, 6) is 1.19. The van der Waals surface area contributed by atoms with E-state index in [4.69, 9.17) is 9.26 Å². The monoisotopic (exact) mass is 302 g/mol. The van der Waals surface area contributed by atoms with Crippen LogP contribution < -0.4 is 4.74 Å².